The van der Waals surface area contributed by atoms with Crippen LogP contribution in [0.25, 0.3) is 34.1 Å². The number of nitrogens with one attached hydrogen (secondary N) is 1. The third kappa shape index (κ3) is 3.93. The van der Waals surface area contributed by atoms with Gasteiger partial charge in [0.1, 0.15) is 5.75 Å². The van der Waals surface area contributed by atoms with Crippen LogP contribution in [0, 0.1) is 6.92 Å². The summed E-state index contributed by atoms with van der Waals surface area (Å²) in [5.41, 5.74) is 2.08. The number of hydrogen-bond acceptors (Lipinski definition) is 6. The van der Waals surface area contributed by atoms with E-state index in [1.54, 1.807) is 6.92 Å². The molecule has 152 valence electrons. The van der Waals surface area contributed by atoms with Gasteiger partial charge in [-0.15, -0.1) is 13.2 Å². The highest BCUT2D eigenvalue weighted by Gasteiger charge is 2.31. The number of hydrogen-bond donors (Lipinski definition) is 1. The van der Waals surface area contributed by atoms with E-state index in [4.69, 9.17) is 4.52 Å². The maximum atomic E-state index is 12.3. The molecular weight excluding hydrogens is 401 g/mol. The molecule has 0 fully saturated rings. The molecule has 0 amide bonds. The summed E-state index contributed by atoms with van der Waals surface area (Å²) < 4.78 is 46.1. The van der Waals surface area contributed by atoms with E-state index in [1.165, 1.54) is 12.1 Å². The molecule has 7 nitrogen and oxygen atoms in total. The summed E-state index contributed by atoms with van der Waals surface area (Å²) >= 11 is 0. The van der Waals surface area contributed by atoms with E-state index < -0.39 is 6.36 Å². The van der Waals surface area contributed by atoms with Crippen molar-refractivity contribution < 1.29 is 22.4 Å². The molecular formula is C20H13F3N4O3. The fourth-order valence-corrected chi connectivity index (χ4v) is 2.89. The van der Waals surface area contributed by atoms with Gasteiger partial charge in [-0.05, 0) is 36.8 Å². The van der Waals surface area contributed by atoms with Crippen molar-refractivity contribution in [3.8, 4) is 39.8 Å². The number of aromatic amines is 1. The molecule has 30 heavy (non-hydrogen) atoms. The fraction of sp³-hybridized carbons (Fsp3) is 0.100. The normalized spacial score (nSPS) is 11.5. The van der Waals surface area contributed by atoms with Crippen LogP contribution in [0.15, 0.2) is 63.9 Å². The molecule has 0 spiro atoms. The van der Waals surface area contributed by atoms with Gasteiger partial charge in [-0.3, -0.25) is 4.79 Å². The molecule has 2 aromatic carbocycles. The van der Waals surface area contributed by atoms with Gasteiger partial charge in [-0.2, -0.15) is 10.1 Å². The predicted molar refractivity (Wildman–Crippen MR) is 100 cm³/mol. The molecule has 0 saturated heterocycles. The van der Waals surface area contributed by atoms with Crippen molar-refractivity contribution in [2.24, 2.45) is 0 Å². The lowest BCUT2D eigenvalue weighted by Gasteiger charge is -2.08. The van der Waals surface area contributed by atoms with Crippen LogP contribution in [0.1, 0.15) is 5.56 Å². The summed E-state index contributed by atoms with van der Waals surface area (Å²) in [6, 6.07) is 14.2. The maximum absolute atomic E-state index is 12.3. The molecule has 0 radical (unpaired) electrons. The van der Waals surface area contributed by atoms with Gasteiger partial charge >= 0.3 is 6.36 Å². The Bertz CT molecular complexity index is 1230. The lowest BCUT2D eigenvalue weighted by molar-refractivity contribution is -0.274. The Morgan fingerprint density at radius 1 is 1.00 bits per heavy atom. The zero-order chi connectivity index (χ0) is 21.3. The molecule has 0 saturated carbocycles. The topological polar surface area (TPSA) is 93.9 Å². The molecule has 2 heterocycles. The van der Waals surface area contributed by atoms with Crippen molar-refractivity contribution >= 4 is 0 Å². The minimum Gasteiger partial charge on any atom is -0.406 e. The minimum absolute atomic E-state index is 0.0545. The first kappa shape index (κ1) is 19.4. The second-order valence-electron chi connectivity index (χ2n) is 6.26. The number of rotatable bonds is 4. The minimum atomic E-state index is -4.78. The van der Waals surface area contributed by atoms with E-state index in [0.29, 0.717) is 16.7 Å². The van der Waals surface area contributed by atoms with Gasteiger partial charge in [-0.25, -0.2) is 5.10 Å². The van der Waals surface area contributed by atoms with E-state index in [9.17, 15) is 18.0 Å². The van der Waals surface area contributed by atoms with E-state index in [0.717, 1.165) is 17.7 Å². The number of benzene rings is 2. The molecule has 0 unspecified atom stereocenters. The Labute approximate surface area is 167 Å². The molecule has 2 aromatic heterocycles. The van der Waals surface area contributed by atoms with Gasteiger partial charge in [0.05, 0.1) is 0 Å². The van der Waals surface area contributed by atoms with E-state index in [2.05, 4.69) is 25.1 Å². The summed E-state index contributed by atoms with van der Waals surface area (Å²) in [6.45, 7) is 1.66. The van der Waals surface area contributed by atoms with Gasteiger partial charge < -0.3 is 9.26 Å². The summed E-state index contributed by atoms with van der Waals surface area (Å²) in [7, 11) is 0. The molecule has 1 N–H and O–H groups in total. The smallest absolute Gasteiger partial charge is 0.406 e. The highest BCUT2D eigenvalue weighted by Crippen LogP contribution is 2.32. The largest absolute Gasteiger partial charge is 0.573 e. The lowest BCUT2D eigenvalue weighted by atomic mass is 10.00. The monoisotopic (exact) mass is 414 g/mol. The average molecular weight is 414 g/mol. The van der Waals surface area contributed by atoms with Crippen LogP contribution < -0.4 is 10.3 Å². The van der Waals surface area contributed by atoms with Crippen LogP contribution in [-0.2, 0) is 0 Å². The van der Waals surface area contributed by atoms with Crippen molar-refractivity contribution in [1.29, 1.82) is 0 Å². The second-order valence-corrected chi connectivity index (χ2v) is 6.26. The van der Waals surface area contributed by atoms with E-state index in [1.807, 2.05) is 30.3 Å². The van der Waals surface area contributed by atoms with Gasteiger partial charge in [0.2, 0.25) is 5.82 Å². The number of nitrogens with zero attached hydrogens (tertiary/aromatic N) is 3. The zero-order valence-electron chi connectivity index (χ0n) is 15.4. The predicted octanol–water partition coefficient (Wildman–Crippen LogP) is 4.36. The number of alkyl halides is 3. The first-order valence-electron chi connectivity index (χ1n) is 8.67. The van der Waals surface area contributed by atoms with Gasteiger partial charge in [-0.1, -0.05) is 35.5 Å². The molecule has 4 rings (SSSR count). The van der Waals surface area contributed by atoms with Gasteiger partial charge in [0, 0.05) is 16.7 Å². The van der Waals surface area contributed by atoms with E-state index >= 15 is 0 Å². The van der Waals surface area contributed by atoms with Gasteiger partial charge in [0.25, 0.3) is 11.4 Å². The molecule has 0 atom stereocenters. The van der Waals surface area contributed by atoms with Crippen molar-refractivity contribution in [3.63, 3.8) is 0 Å². The number of halogens is 3. The zero-order valence-corrected chi connectivity index (χ0v) is 15.4. The van der Waals surface area contributed by atoms with Crippen LogP contribution in [-0.4, -0.2) is 26.7 Å². The third-order valence-corrected chi connectivity index (χ3v) is 4.26. The fourth-order valence-electron chi connectivity index (χ4n) is 2.89. The average Bonchev–Trinajstić information content (AvgIpc) is 3.20. The first-order chi connectivity index (χ1) is 14.3. The summed E-state index contributed by atoms with van der Waals surface area (Å²) in [4.78, 5) is 16.4. The van der Waals surface area contributed by atoms with Crippen LogP contribution in [0.3, 0.4) is 0 Å². The number of H-pyrrole nitrogens is 1. The Morgan fingerprint density at radius 3 is 2.37 bits per heavy atom. The Kier molecular flexibility index (Phi) is 4.82. The first-order valence-corrected chi connectivity index (χ1v) is 8.67. The maximum Gasteiger partial charge on any atom is 0.573 e. The van der Waals surface area contributed by atoms with Crippen molar-refractivity contribution in [3.05, 3.63) is 70.5 Å². The van der Waals surface area contributed by atoms with Crippen molar-refractivity contribution in [1.82, 2.24) is 20.3 Å². The lowest BCUT2D eigenvalue weighted by Crippen LogP contribution is -2.16. The summed E-state index contributed by atoms with van der Waals surface area (Å²) in [6.07, 6.45) is -4.78. The third-order valence-electron chi connectivity index (χ3n) is 4.26. The van der Waals surface area contributed by atoms with Gasteiger partial charge in [0.15, 0.2) is 5.69 Å². The standard InChI is InChI=1S/C20H13F3N4O3/c1-11-15(12-5-3-2-4-6-12)16(25-26-18(11)28)19-24-17(27-30-19)13-7-9-14(10-8-13)29-20(21,22)23/h2-10H,1H3,(H,26,28). The summed E-state index contributed by atoms with van der Waals surface area (Å²) in [5, 5.41) is 10.3. The number of ether oxygens (including phenoxy) is 1. The van der Waals surface area contributed by atoms with Crippen molar-refractivity contribution in [2.75, 3.05) is 0 Å². The number of aromatic nitrogens is 4. The molecule has 0 aliphatic rings. The molecule has 4 aromatic rings. The van der Waals surface area contributed by atoms with Crippen LogP contribution in [0.4, 0.5) is 13.2 Å². The van der Waals surface area contributed by atoms with Crippen molar-refractivity contribution in [2.45, 2.75) is 13.3 Å². The Balaban J connectivity index is 1.72. The Morgan fingerprint density at radius 2 is 1.70 bits per heavy atom. The SMILES string of the molecule is Cc1c(-c2ccccc2)c(-c2nc(-c3ccc(OC(F)(F)F)cc3)no2)n[nH]c1=O. The van der Waals surface area contributed by atoms with Crippen LogP contribution in [0.5, 0.6) is 5.75 Å². The molecule has 10 heteroatoms. The highest BCUT2D eigenvalue weighted by molar-refractivity contribution is 5.79. The summed E-state index contributed by atoms with van der Waals surface area (Å²) in [5.74, 6) is -0.161. The Hall–Kier alpha value is -3.95. The van der Waals surface area contributed by atoms with E-state index in [-0.39, 0.29) is 28.7 Å². The molecule has 0 bridgehead atoms. The highest BCUT2D eigenvalue weighted by atomic mass is 19.4. The molecule has 0 aliphatic heterocycles. The second kappa shape index (κ2) is 7.47. The quantitative estimate of drug-likeness (QED) is 0.533. The van der Waals surface area contributed by atoms with Crippen LogP contribution >= 0.6 is 0 Å². The molecule has 0 aliphatic carbocycles. The van der Waals surface area contributed by atoms with Crippen LogP contribution in [0.2, 0.25) is 0 Å².